The second-order valence-corrected chi connectivity index (χ2v) is 4.00. The van der Waals surface area contributed by atoms with Gasteiger partial charge in [0.1, 0.15) is 0 Å². The van der Waals surface area contributed by atoms with E-state index in [9.17, 15) is 9.59 Å². The predicted octanol–water partition coefficient (Wildman–Crippen LogP) is 2.68. The Labute approximate surface area is 109 Å². The van der Waals surface area contributed by atoms with Gasteiger partial charge in [-0.1, -0.05) is 24.3 Å². The van der Waals surface area contributed by atoms with E-state index in [1.807, 2.05) is 6.42 Å². The van der Waals surface area contributed by atoms with Gasteiger partial charge in [0.15, 0.2) is 0 Å². The second kappa shape index (κ2) is 5.35. The summed E-state index contributed by atoms with van der Waals surface area (Å²) in [7, 11) is 0. The normalized spacial score (nSPS) is 10.1. The van der Waals surface area contributed by atoms with E-state index in [0.717, 1.165) is 11.1 Å². The topological polar surface area (TPSA) is 74.6 Å². The highest BCUT2D eigenvalue weighted by Gasteiger charge is 2.04. The van der Waals surface area contributed by atoms with Crippen molar-refractivity contribution in [3.63, 3.8) is 0 Å². The summed E-state index contributed by atoms with van der Waals surface area (Å²) in [6, 6.07) is 12.9. The number of aromatic carboxylic acids is 2. The molecule has 0 aliphatic heterocycles. The third-order valence-electron chi connectivity index (χ3n) is 2.65. The maximum Gasteiger partial charge on any atom is 0.335 e. The lowest BCUT2D eigenvalue weighted by molar-refractivity contribution is 0.0686. The number of carbonyl (C=O) groups is 2. The maximum atomic E-state index is 10.7. The summed E-state index contributed by atoms with van der Waals surface area (Å²) in [6.07, 6.45) is 1.84. The number of rotatable bonds is 4. The molecule has 0 amide bonds. The lowest BCUT2D eigenvalue weighted by atomic mass is 10.0. The Hall–Kier alpha value is -2.62. The Morgan fingerprint density at radius 1 is 0.684 bits per heavy atom. The summed E-state index contributed by atoms with van der Waals surface area (Å²) in [5, 5.41) is 17.6. The zero-order valence-corrected chi connectivity index (χ0v) is 9.91. The van der Waals surface area contributed by atoms with Crippen LogP contribution in [-0.4, -0.2) is 22.2 Å². The van der Waals surface area contributed by atoms with E-state index in [1.165, 1.54) is 24.3 Å². The second-order valence-electron chi connectivity index (χ2n) is 4.00. The number of benzene rings is 2. The van der Waals surface area contributed by atoms with Crippen molar-refractivity contribution < 1.29 is 19.8 Å². The third-order valence-corrected chi connectivity index (χ3v) is 2.65. The summed E-state index contributed by atoms with van der Waals surface area (Å²) in [6.45, 7) is 0. The monoisotopic (exact) mass is 255 g/mol. The Morgan fingerprint density at radius 3 is 1.26 bits per heavy atom. The van der Waals surface area contributed by atoms with E-state index in [0.29, 0.717) is 0 Å². The quantitative estimate of drug-likeness (QED) is 0.880. The minimum atomic E-state index is -0.961. The Kier molecular flexibility index (Phi) is 3.61. The van der Waals surface area contributed by atoms with Crippen LogP contribution in [0.5, 0.6) is 0 Å². The molecule has 19 heavy (non-hydrogen) atoms. The van der Waals surface area contributed by atoms with Crippen LogP contribution in [0.1, 0.15) is 31.8 Å². The van der Waals surface area contributed by atoms with Gasteiger partial charge in [-0.3, -0.25) is 0 Å². The third kappa shape index (κ3) is 3.19. The molecule has 0 atom stereocenters. The van der Waals surface area contributed by atoms with Crippen LogP contribution in [0.4, 0.5) is 0 Å². The molecule has 0 aliphatic carbocycles. The summed E-state index contributed by atoms with van der Waals surface area (Å²) in [5.74, 6) is -1.92. The van der Waals surface area contributed by atoms with Crippen LogP contribution in [0.25, 0.3) is 0 Å². The van der Waals surface area contributed by atoms with Crippen molar-refractivity contribution in [1.29, 1.82) is 0 Å². The predicted molar refractivity (Wildman–Crippen MR) is 69.3 cm³/mol. The molecule has 0 unspecified atom stereocenters. The van der Waals surface area contributed by atoms with Crippen LogP contribution in [0.3, 0.4) is 0 Å². The first-order valence-corrected chi connectivity index (χ1v) is 5.58. The first-order valence-electron chi connectivity index (χ1n) is 5.58. The van der Waals surface area contributed by atoms with Crippen molar-refractivity contribution in [2.24, 2.45) is 0 Å². The van der Waals surface area contributed by atoms with Gasteiger partial charge in [0.2, 0.25) is 0 Å². The number of carboxylic acid groups (broad SMARTS) is 2. The highest BCUT2D eigenvalue weighted by molar-refractivity contribution is 5.88. The fourth-order valence-corrected chi connectivity index (χ4v) is 1.64. The SMILES string of the molecule is O=C(O)c1ccc([CH]c2ccc(C(=O)O)cc2)cc1. The molecule has 1 radical (unpaired) electrons. The fraction of sp³-hybridized carbons (Fsp3) is 0. The zero-order valence-electron chi connectivity index (χ0n) is 9.91. The van der Waals surface area contributed by atoms with E-state index in [4.69, 9.17) is 10.2 Å². The summed E-state index contributed by atoms with van der Waals surface area (Å²) >= 11 is 0. The molecular formula is C15H11O4. The molecule has 2 aromatic rings. The Morgan fingerprint density at radius 2 is 1.00 bits per heavy atom. The van der Waals surface area contributed by atoms with E-state index in [-0.39, 0.29) is 11.1 Å². The van der Waals surface area contributed by atoms with Crippen molar-refractivity contribution in [3.05, 3.63) is 77.2 Å². The van der Waals surface area contributed by atoms with Gasteiger partial charge in [0, 0.05) is 6.42 Å². The van der Waals surface area contributed by atoms with E-state index in [2.05, 4.69) is 0 Å². The van der Waals surface area contributed by atoms with E-state index >= 15 is 0 Å². The van der Waals surface area contributed by atoms with Gasteiger partial charge >= 0.3 is 11.9 Å². The molecule has 0 aromatic heterocycles. The van der Waals surface area contributed by atoms with Gasteiger partial charge < -0.3 is 10.2 Å². The van der Waals surface area contributed by atoms with Crippen LogP contribution >= 0.6 is 0 Å². The van der Waals surface area contributed by atoms with Gasteiger partial charge in [-0.25, -0.2) is 9.59 Å². The van der Waals surface area contributed by atoms with Crippen LogP contribution in [0, 0.1) is 6.42 Å². The molecule has 0 saturated carbocycles. The summed E-state index contributed by atoms with van der Waals surface area (Å²) < 4.78 is 0. The Balaban J connectivity index is 2.12. The molecular weight excluding hydrogens is 244 g/mol. The average Bonchev–Trinajstić information content (AvgIpc) is 2.40. The van der Waals surface area contributed by atoms with Crippen LogP contribution in [0.2, 0.25) is 0 Å². The highest BCUT2D eigenvalue weighted by atomic mass is 16.4. The fourth-order valence-electron chi connectivity index (χ4n) is 1.64. The van der Waals surface area contributed by atoms with Crippen molar-refractivity contribution in [3.8, 4) is 0 Å². The Bertz CT molecular complexity index is 542. The minimum Gasteiger partial charge on any atom is -0.478 e. The number of hydrogen-bond donors (Lipinski definition) is 2. The molecule has 0 spiro atoms. The van der Waals surface area contributed by atoms with E-state index < -0.39 is 11.9 Å². The van der Waals surface area contributed by atoms with Crippen molar-refractivity contribution in [2.75, 3.05) is 0 Å². The van der Waals surface area contributed by atoms with Gasteiger partial charge in [0.05, 0.1) is 11.1 Å². The van der Waals surface area contributed by atoms with Gasteiger partial charge in [-0.2, -0.15) is 0 Å². The lowest BCUT2D eigenvalue weighted by Gasteiger charge is -2.03. The molecule has 4 nitrogen and oxygen atoms in total. The molecule has 0 heterocycles. The molecule has 95 valence electrons. The largest absolute Gasteiger partial charge is 0.478 e. The highest BCUT2D eigenvalue weighted by Crippen LogP contribution is 2.14. The van der Waals surface area contributed by atoms with Crippen molar-refractivity contribution >= 4 is 11.9 Å². The standard InChI is InChI=1S/C15H11O4/c16-14(17)12-5-1-10(2-6-12)9-11-3-7-13(8-4-11)15(18)19/h1-9H,(H,16,17)(H,18,19). The smallest absolute Gasteiger partial charge is 0.335 e. The molecule has 4 heteroatoms. The summed E-state index contributed by atoms with van der Waals surface area (Å²) in [5.41, 5.74) is 2.18. The number of carboxylic acids is 2. The van der Waals surface area contributed by atoms with Gasteiger partial charge in [0.25, 0.3) is 0 Å². The average molecular weight is 255 g/mol. The molecule has 2 rings (SSSR count). The van der Waals surface area contributed by atoms with Crippen molar-refractivity contribution in [2.45, 2.75) is 0 Å². The molecule has 0 bridgehead atoms. The molecule has 0 saturated heterocycles. The number of hydrogen-bond acceptors (Lipinski definition) is 2. The summed E-state index contributed by atoms with van der Waals surface area (Å²) in [4.78, 5) is 21.4. The first kappa shape index (κ1) is 12.8. The van der Waals surface area contributed by atoms with E-state index in [1.54, 1.807) is 24.3 Å². The molecule has 0 fully saturated rings. The first-order chi connectivity index (χ1) is 9.06. The minimum absolute atomic E-state index is 0.235. The molecule has 2 N–H and O–H groups in total. The molecule has 0 aliphatic rings. The van der Waals surface area contributed by atoms with Crippen LogP contribution < -0.4 is 0 Å². The van der Waals surface area contributed by atoms with Gasteiger partial charge in [-0.15, -0.1) is 0 Å². The van der Waals surface area contributed by atoms with Gasteiger partial charge in [-0.05, 0) is 35.4 Å². The zero-order chi connectivity index (χ0) is 13.8. The maximum absolute atomic E-state index is 10.7. The van der Waals surface area contributed by atoms with Crippen LogP contribution in [-0.2, 0) is 0 Å². The van der Waals surface area contributed by atoms with Crippen LogP contribution in [0.15, 0.2) is 48.5 Å². The molecule has 2 aromatic carbocycles. The lowest BCUT2D eigenvalue weighted by Crippen LogP contribution is -1.97. The van der Waals surface area contributed by atoms with Crippen molar-refractivity contribution in [1.82, 2.24) is 0 Å².